The smallest absolute Gasteiger partial charge is 0.280 e. The summed E-state index contributed by atoms with van der Waals surface area (Å²) < 4.78 is 0. The van der Waals surface area contributed by atoms with Gasteiger partial charge >= 0.3 is 0 Å². The first-order valence-electron chi connectivity index (χ1n) is 8.86. The van der Waals surface area contributed by atoms with Gasteiger partial charge in [0.1, 0.15) is 5.56 Å². The van der Waals surface area contributed by atoms with Gasteiger partial charge in [-0.15, -0.1) is 0 Å². The van der Waals surface area contributed by atoms with E-state index in [4.69, 9.17) is 0 Å². The highest BCUT2D eigenvalue weighted by molar-refractivity contribution is 6.11. The lowest BCUT2D eigenvalue weighted by molar-refractivity contribution is -0.385. The van der Waals surface area contributed by atoms with Crippen LogP contribution >= 0.6 is 0 Å². The summed E-state index contributed by atoms with van der Waals surface area (Å²) in [5.41, 5.74) is 1.26. The van der Waals surface area contributed by atoms with E-state index in [1.807, 2.05) is 12.1 Å². The molecule has 4 heteroatoms. The van der Waals surface area contributed by atoms with Crippen molar-refractivity contribution in [2.45, 2.75) is 12.8 Å². The number of nitro groups is 1. The third-order valence-electron chi connectivity index (χ3n) is 5.36. The molecule has 0 aliphatic heterocycles. The van der Waals surface area contributed by atoms with Gasteiger partial charge in [-0.25, -0.2) is 0 Å². The number of allylic oxidation sites excluding steroid dienone is 3. The Morgan fingerprint density at radius 2 is 1.88 bits per heavy atom. The van der Waals surface area contributed by atoms with E-state index in [9.17, 15) is 14.9 Å². The van der Waals surface area contributed by atoms with Gasteiger partial charge in [0.15, 0.2) is 5.78 Å². The number of nitrogens with zero attached hydrogens (tertiary/aromatic N) is 1. The van der Waals surface area contributed by atoms with Crippen molar-refractivity contribution in [2.75, 3.05) is 0 Å². The van der Waals surface area contributed by atoms with Gasteiger partial charge in [0.2, 0.25) is 0 Å². The van der Waals surface area contributed by atoms with E-state index < -0.39 is 4.92 Å². The van der Waals surface area contributed by atoms with Gasteiger partial charge in [0.25, 0.3) is 5.69 Å². The van der Waals surface area contributed by atoms with Crippen LogP contribution < -0.4 is 0 Å². The molecule has 3 atom stereocenters. The molecule has 0 spiro atoms. The minimum absolute atomic E-state index is 0.135. The third kappa shape index (κ3) is 3.10. The van der Waals surface area contributed by atoms with Gasteiger partial charge in [-0.05, 0) is 48.3 Å². The molecule has 3 unspecified atom stereocenters. The molecule has 2 aliphatic rings. The zero-order chi connectivity index (χ0) is 18.1. The van der Waals surface area contributed by atoms with Crippen molar-refractivity contribution in [3.8, 4) is 0 Å². The predicted octanol–water partition coefficient (Wildman–Crippen LogP) is 5.05. The van der Waals surface area contributed by atoms with Crippen LogP contribution in [-0.2, 0) is 0 Å². The molecule has 1 saturated carbocycles. The predicted molar refractivity (Wildman–Crippen MR) is 101 cm³/mol. The monoisotopic (exact) mass is 345 g/mol. The van der Waals surface area contributed by atoms with Crippen LogP contribution in [0, 0.1) is 27.9 Å². The molecule has 130 valence electrons. The van der Waals surface area contributed by atoms with E-state index in [1.165, 1.54) is 18.9 Å². The lowest BCUT2D eigenvalue weighted by Gasteiger charge is -2.13. The summed E-state index contributed by atoms with van der Waals surface area (Å²) in [6, 6.07) is 13.4. The van der Waals surface area contributed by atoms with E-state index in [-0.39, 0.29) is 17.0 Å². The number of fused-ring (bicyclic) bond motifs is 2. The largest absolute Gasteiger partial charge is 0.288 e. The minimum Gasteiger partial charge on any atom is -0.288 e. The maximum absolute atomic E-state index is 12.8. The van der Waals surface area contributed by atoms with Crippen molar-refractivity contribution in [1.29, 1.82) is 0 Å². The fraction of sp³-hybridized carbons (Fsp3) is 0.227. The second-order valence-electron chi connectivity index (χ2n) is 7.03. The highest BCUT2D eigenvalue weighted by Gasteiger charge is 2.33. The third-order valence-corrected chi connectivity index (χ3v) is 5.36. The van der Waals surface area contributed by atoms with E-state index >= 15 is 0 Å². The van der Waals surface area contributed by atoms with Gasteiger partial charge in [-0.3, -0.25) is 14.9 Å². The molecule has 1 fully saturated rings. The molecule has 2 aliphatic carbocycles. The molecule has 0 amide bonds. The van der Waals surface area contributed by atoms with Crippen molar-refractivity contribution >= 4 is 17.5 Å². The maximum Gasteiger partial charge on any atom is 0.280 e. The lowest BCUT2D eigenvalue weighted by atomic mass is 9.92. The van der Waals surface area contributed by atoms with Crippen LogP contribution in [0.5, 0.6) is 0 Å². The Labute approximate surface area is 152 Å². The first kappa shape index (κ1) is 16.5. The number of ketones is 1. The van der Waals surface area contributed by atoms with Crippen LogP contribution in [0.1, 0.15) is 34.3 Å². The van der Waals surface area contributed by atoms with E-state index in [2.05, 4.69) is 18.2 Å². The van der Waals surface area contributed by atoms with Crippen LogP contribution in [0.3, 0.4) is 0 Å². The van der Waals surface area contributed by atoms with Gasteiger partial charge in [-0.1, -0.05) is 54.6 Å². The van der Waals surface area contributed by atoms with Crippen molar-refractivity contribution in [3.63, 3.8) is 0 Å². The summed E-state index contributed by atoms with van der Waals surface area (Å²) in [5, 5.41) is 11.4. The van der Waals surface area contributed by atoms with Crippen LogP contribution in [-0.4, -0.2) is 10.7 Å². The molecular weight excluding hydrogens is 326 g/mol. The number of hydrogen-bond donors (Lipinski definition) is 0. The second kappa shape index (κ2) is 6.71. The molecule has 4 rings (SSSR count). The SMILES string of the molecule is O=C(c1ccccc1)c1cc(/C=C/C2CC3C=CC2C3)ccc1[N+](=O)[O-]. The van der Waals surface area contributed by atoms with Crippen LogP contribution in [0.25, 0.3) is 6.08 Å². The Bertz CT molecular complexity index is 914. The quantitative estimate of drug-likeness (QED) is 0.330. The zero-order valence-electron chi connectivity index (χ0n) is 14.2. The van der Waals surface area contributed by atoms with Crippen molar-refractivity contribution in [1.82, 2.24) is 0 Å². The molecule has 0 saturated heterocycles. The first-order valence-corrected chi connectivity index (χ1v) is 8.86. The molecule has 0 radical (unpaired) electrons. The molecule has 0 heterocycles. The Morgan fingerprint density at radius 3 is 2.54 bits per heavy atom. The molecule has 26 heavy (non-hydrogen) atoms. The average Bonchev–Trinajstić information content (AvgIpc) is 3.29. The molecule has 2 aromatic carbocycles. The molecule has 4 nitrogen and oxygen atoms in total. The van der Waals surface area contributed by atoms with Crippen molar-refractivity contribution in [2.24, 2.45) is 17.8 Å². The number of carbonyl (C=O) groups is 1. The van der Waals surface area contributed by atoms with Crippen molar-refractivity contribution in [3.05, 3.63) is 93.6 Å². The minimum atomic E-state index is -0.496. The second-order valence-corrected chi connectivity index (χ2v) is 7.03. The molecular formula is C22H19NO3. The fourth-order valence-electron chi connectivity index (χ4n) is 4.02. The number of nitro benzene ring substituents is 1. The number of carbonyl (C=O) groups excluding carboxylic acids is 1. The topological polar surface area (TPSA) is 60.2 Å². The Morgan fingerprint density at radius 1 is 1.08 bits per heavy atom. The van der Waals surface area contributed by atoms with Gasteiger partial charge in [0, 0.05) is 11.6 Å². The molecule has 0 aromatic heterocycles. The summed E-state index contributed by atoms with van der Waals surface area (Å²) >= 11 is 0. The molecule has 0 N–H and O–H groups in total. The summed E-state index contributed by atoms with van der Waals surface area (Å²) in [4.78, 5) is 23.6. The molecule has 2 bridgehead atoms. The van der Waals surface area contributed by atoms with E-state index in [0.29, 0.717) is 23.3 Å². The van der Waals surface area contributed by atoms with Crippen molar-refractivity contribution < 1.29 is 9.72 Å². The van der Waals surface area contributed by atoms with Gasteiger partial charge in [-0.2, -0.15) is 0 Å². The fourth-order valence-corrected chi connectivity index (χ4v) is 4.02. The van der Waals surface area contributed by atoms with E-state index in [1.54, 1.807) is 36.4 Å². The normalized spacial score (nSPS) is 23.6. The van der Waals surface area contributed by atoms with Gasteiger partial charge < -0.3 is 0 Å². The highest BCUT2D eigenvalue weighted by Crippen LogP contribution is 2.44. The van der Waals surface area contributed by atoms with E-state index in [0.717, 1.165) is 5.56 Å². The molecule has 2 aromatic rings. The number of rotatable bonds is 5. The summed E-state index contributed by atoms with van der Waals surface area (Å²) in [5.74, 6) is 1.50. The summed E-state index contributed by atoms with van der Waals surface area (Å²) in [6.45, 7) is 0. The summed E-state index contributed by atoms with van der Waals surface area (Å²) in [7, 11) is 0. The summed E-state index contributed by atoms with van der Waals surface area (Å²) in [6.07, 6.45) is 11.2. The average molecular weight is 345 g/mol. The Kier molecular flexibility index (Phi) is 4.25. The standard InChI is InChI=1S/C22H19NO3/c24-22(17-4-2-1-3-5-17)20-14-15(8-11-21(20)23(25)26)6-9-18-12-16-7-10-19(18)13-16/h1-11,14,16,18-19H,12-13H2/b9-6+. The highest BCUT2D eigenvalue weighted by atomic mass is 16.6. The van der Waals surface area contributed by atoms with Crippen LogP contribution in [0.4, 0.5) is 5.69 Å². The Hall–Kier alpha value is -3.01. The number of hydrogen-bond acceptors (Lipinski definition) is 3. The maximum atomic E-state index is 12.8. The van der Waals surface area contributed by atoms with Gasteiger partial charge in [0.05, 0.1) is 4.92 Å². The number of benzene rings is 2. The Balaban J connectivity index is 1.64. The lowest BCUT2D eigenvalue weighted by Crippen LogP contribution is -2.06. The van der Waals surface area contributed by atoms with Crippen LogP contribution in [0.15, 0.2) is 66.8 Å². The zero-order valence-corrected chi connectivity index (χ0v) is 14.2. The first-order chi connectivity index (χ1) is 12.6. The van der Waals surface area contributed by atoms with Crippen LogP contribution in [0.2, 0.25) is 0 Å².